The Morgan fingerprint density at radius 2 is 2.00 bits per heavy atom. The second-order valence-electron chi connectivity index (χ2n) is 6.64. The van der Waals surface area contributed by atoms with Crippen LogP contribution in [0, 0.1) is 0 Å². The van der Waals surface area contributed by atoms with Crippen LogP contribution in [0.5, 0.6) is 0 Å². The Bertz CT molecular complexity index is 721. The van der Waals surface area contributed by atoms with Crippen molar-refractivity contribution in [2.24, 2.45) is 0 Å². The molecular formula is C17H22ClNO2S. The second kappa shape index (κ2) is 6.65. The highest BCUT2D eigenvalue weighted by atomic mass is 35.5. The number of pyridine rings is 1. The summed E-state index contributed by atoms with van der Waals surface area (Å²) in [6.45, 7) is 7.91. The van der Waals surface area contributed by atoms with E-state index < -0.39 is 11.2 Å². The molecule has 1 aromatic heterocycles. The zero-order valence-electron chi connectivity index (χ0n) is 13.4. The first-order chi connectivity index (χ1) is 10.2. The average Bonchev–Trinajstić information content (AvgIpc) is 2.43. The molecule has 0 saturated heterocycles. The molecule has 0 aliphatic heterocycles. The average molecular weight is 340 g/mol. The second-order valence-corrected chi connectivity index (χ2v) is 9.40. The van der Waals surface area contributed by atoms with E-state index in [-0.39, 0.29) is 16.2 Å². The smallest absolute Gasteiger partial charge is 0.251 e. The Hall–Kier alpha value is -0.970. The summed E-state index contributed by atoms with van der Waals surface area (Å²) >= 11 is 5.11. The summed E-state index contributed by atoms with van der Waals surface area (Å²) in [7, 11) is 0. The fourth-order valence-corrected chi connectivity index (χ4v) is 3.67. The predicted octanol–water partition coefficient (Wildman–Crippen LogP) is 4.22. The minimum Gasteiger partial charge on any atom is -0.616 e. The fraction of sp³-hybridized carbons (Fsp3) is 0.471. The normalized spacial score (nSPS) is 15.0. The van der Waals surface area contributed by atoms with Crippen molar-refractivity contribution in [2.75, 3.05) is 5.75 Å². The van der Waals surface area contributed by atoms with Gasteiger partial charge in [-0.3, -0.25) is 4.79 Å². The van der Waals surface area contributed by atoms with Crippen LogP contribution in [-0.2, 0) is 11.2 Å². The van der Waals surface area contributed by atoms with E-state index in [0.29, 0.717) is 10.8 Å². The number of H-pyrrole nitrogens is 1. The number of hydrogen-bond donors (Lipinski definition) is 1. The molecule has 0 radical (unpaired) electrons. The Kier molecular flexibility index (Phi) is 5.25. The molecule has 0 aliphatic carbocycles. The van der Waals surface area contributed by atoms with Crippen LogP contribution in [0.15, 0.2) is 29.1 Å². The van der Waals surface area contributed by atoms with Gasteiger partial charge < -0.3 is 9.54 Å². The minimum absolute atomic E-state index is 0.0541. The van der Waals surface area contributed by atoms with Crippen LogP contribution in [0.4, 0.5) is 0 Å². The third kappa shape index (κ3) is 4.06. The number of aromatic nitrogens is 1. The number of hydrogen-bond acceptors (Lipinski definition) is 2. The Morgan fingerprint density at radius 1 is 1.32 bits per heavy atom. The maximum Gasteiger partial charge on any atom is 0.251 e. The van der Waals surface area contributed by atoms with Crippen LogP contribution in [0.2, 0.25) is 5.02 Å². The van der Waals surface area contributed by atoms with Crippen LogP contribution in [0.25, 0.3) is 10.9 Å². The summed E-state index contributed by atoms with van der Waals surface area (Å²) in [5.74, 6) is 0.649. The van der Waals surface area contributed by atoms with Gasteiger partial charge in [-0.05, 0) is 73.9 Å². The molecule has 0 unspecified atom stereocenters. The summed E-state index contributed by atoms with van der Waals surface area (Å²) in [6.07, 6.45) is 0.721. The largest absolute Gasteiger partial charge is 0.616 e. The molecule has 2 aromatic rings. The zero-order chi connectivity index (χ0) is 16.5. The first-order valence-corrected chi connectivity index (χ1v) is 9.09. The molecule has 2 atom stereocenters. The number of halogens is 1. The van der Waals surface area contributed by atoms with Crippen molar-refractivity contribution in [3.63, 3.8) is 0 Å². The van der Waals surface area contributed by atoms with E-state index in [4.69, 9.17) is 11.6 Å². The third-order valence-corrected chi connectivity index (χ3v) is 5.99. The van der Waals surface area contributed by atoms with Gasteiger partial charge in [-0.2, -0.15) is 0 Å². The van der Waals surface area contributed by atoms with Gasteiger partial charge in [0.2, 0.25) is 0 Å². The monoisotopic (exact) mass is 339 g/mol. The van der Waals surface area contributed by atoms with Crippen LogP contribution in [0.1, 0.15) is 45.6 Å². The lowest BCUT2D eigenvalue weighted by molar-refractivity contribution is 0.552. The molecule has 120 valence electrons. The molecule has 1 heterocycles. The molecule has 3 nitrogen and oxygen atoms in total. The van der Waals surface area contributed by atoms with E-state index in [0.717, 1.165) is 22.9 Å². The quantitative estimate of drug-likeness (QED) is 0.848. The maximum absolute atomic E-state index is 12.2. The Labute approximate surface area is 139 Å². The van der Waals surface area contributed by atoms with Crippen molar-refractivity contribution in [3.05, 3.63) is 45.2 Å². The summed E-state index contributed by atoms with van der Waals surface area (Å²) in [5.41, 5.74) is 1.42. The van der Waals surface area contributed by atoms with Crippen LogP contribution >= 0.6 is 11.6 Å². The molecule has 0 spiro atoms. The SMILES string of the molecule is C[C@H](CC[S@@+]([O-])C(C)(C)C)c1cc2cc(Cl)ccc2[nH]c1=O. The van der Waals surface area contributed by atoms with Gasteiger partial charge in [-0.15, -0.1) is 0 Å². The first kappa shape index (κ1) is 17.4. The lowest BCUT2D eigenvalue weighted by Gasteiger charge is -2.25. The summed E-state index contributed by atoms with van der Waals surface area (Å²) in [5, 5.41) is 1.57. The van der Waals surface area contributed by atoms with Gasteiger partial charge in [0, 0.05) is 16.1 Å². The molecule has 1 aromatic carbocycles. The van der Waals surface area contributed by atoms with E-state index >= 15 is 0 Å². The number of benzene rings is 1. The lowest BCUT2D eigenvalue weighted by Crippen LogP contribution is -2.31. The topological polar surface area (TPSA) is 55.9 Å². The molecule has 5 heteroatoms. The highest BCUT2D eigenvalue weighted by molar-refractivity contribution is 7.92. The van der Waals surface area contributed by atoms with Gasteiger partial charge in [0.15, 0.2) is 0 Å². The lowest BCUT2D eigenvalue weighted by atomic mass is 9.98. The number of rotatable bonds is 4. The Morgan fingerprint density at radius 3 is 2.64 bits per heavy atom. The van der Waals surface area contributed by atoms with Crippen LogP contribution in [0.3, 0.4) is 0 Å². The van der Waals surface area contributed by atoms with Crippen molar-refractivity contribution >= 4 is 33.7 Å². The van der Waals surface area contributed by atoms with Gasteiger partial charge in [-0.1, -0.05) is 18.5 Å². The highest BCUT2D eigenvalue weighted by Gasteiger charge is 2.26. The molecule has 0 amide bonds. The van der Waals surface area contributed by atoms with Gasteiger partial charge in [-0.25, -0.2) is 0 Å². The summed E-state index contributed by atoms with van der Waals surface area (Å²) < 4.78 is 11.9. The van der Waals surface area contributed by atoms with Crippen LogP contribution in [-0.4, -0.2) is 20.0 Å². The molecule has 0 bridgehead atoms. The number of aromatic amines is 1. The fourth-order valence-electron chi connectivity index (χ4n) is 2.31. The molecule has 0 saturated carbocycles. The standard InChI is InChI=1S/C17H22ClNO2S/c1-11(7-8-22(21)17(2,3)4)14-10-12-9-13(18)5-6-15(12)19-16(14)20/h5-6,9-11H,7-8H2,1-4H3,(H,19,20)/t11-,22-/m1/s1. The maximum atomic E-state index is 12.2. The van der Waals surface area contributed by atoms with Crippen LogP contribution < -0.4 is 5.56 Å². The van der Waals surface area contributed by atoms with Crippen molar-refractivity contribution in [1.82, 2.24) is 4.98 Å². The van der Waals surface area contributed by atoms with Crippen molar-refractivity contribution < 1.29 is 4.55 Å². The summed E-state index contributed by atoms with van der Waals surface area (Å²) in [6, 6.07) is 7.30. The molecule has 2 rings (SSSR count). The van der Waals surface area contributed by atoms with E-state index in [1.165, 1.54) is 0 Å². The van der Waals surface area contributed by atoms with Gasteiger partial charge >= 0.3 is 0 Å². The van der Waals surface area contributed by atoms with E-state index in [1.807, 2.05) is 45.9 Å². The van der Waals surface area contributed by atoms with E-state index in [2.05, 4.69) is 4.98 Å². The molecule has 22 heavy (non-hydrogen) atoms. The zero-order valence-corrected chi connectivity index (χ0v) is 15.0. The van der Waals surface area contributed by atoms with Gasteiger partial charge in [0.1, 0.15) is 10.5 Å². The molecular weight excluding hydrogens is 318 g/mol. The predicted molar refractivity (Wildman–Crippen MR) is 95.4 cm³/mol. The van der Waals surface area contributed by atoms with E-state index in [1.54, 1.807) is 6.07 Å². The molecule has 1 N–H and O–H groups in total. The Balaban J connectivity index is 2.22. The third-order valence-electron chi connectivity index (χ3n) is 3.79. The minimum atomic E-state index is -0.902. The van der Waals surface area contributed by atoms with E-state index in [9.17, 15) is 9.35 Å². The summed E-state index contributed by atoms with van der Waals surface area (Å²) in [4.78, 5) is 15.1. The van der Waals surface area contributed by atoms with Crippen molar-refractivity contribution in [3.8, 4) is 0 Å². The van der Waals surface area contributed by atoms with Gasteiger partial charge in [0.25, 0.3) is 5.56 Å². The molecule has 0 aliphatic rings. The highest BCUT2D eigenvalue weighted by Crippen LogP contribution is 2.24. The van der Waals surface area contributed by atoms with Gasteiger partial charge in [0.05, 0.1) is 0 Å². The van der Waals surface area contributed by atoms with Crippen molar-refractivity contribution in [1.29, 1.82) is 0 Å². The first-order valence-electron chi connectivity index (χ1n) is 7.39. The number of fused-ring (bicyclic) bond motifs is 1. The number of nitrogens with one attached hydrogen (secondary N) is 1. The molecule has 0 fully saturated rings. The van der Waals surface area contributed by atoms with Crippen molar-refractivity contribution in [2.45, 2.75) is 44.8 Å².